The van der Waals surface area contributed by atoms with Gasteiger partial charge in [-0.15, -0.1) is 0 Å². The van der Waals surface area contributed by atoms with Crippen molar-refractivity contribution in [2.75, 3.05) is 19.8 Å². The van der Waals surface area contributed by atoms with Crippen molar-refractivity contribution in [1.29, 1.82) is 0 Å². The van der Waals surface area contributed by atoms with E-state index in [1.165, 1.54) is 0 Å². The Hall–Kier alpha value is -1.86. The van der Waals surface area contributed by atoms with Crippen LogP contribution in [0, 0.1) is 0 Å². The molecule has 5 nitrogen and oxygen atoms in total. The van der Waals surface area contributed by atoms with E-state index in [0.29, 0.717) is 19.8 Å². The summed E-state index contributed by atoms with van der Waals surface area (Å²) in [4.78, 5) is 0. The Morgan fingerprint density at radius 2 is 1.13 bits per heavy atom. The van der Waals surface area contributed by atoms with Gasteiger partial charge in [-0.3, -0.25) is 0 Å². The molecule has 0 aliphatic rings. The van der Waals surface area contributed by atoms with Crippen molar-refractivity contribution in [3.8, 4) is 22.6 Å². The Morgan fingerprint density at radius 1 is 0.667 bits per heavy atom. The summed E-state index contributed by atoms with van der Waals surface area (Å²) in [5.74, 6) is 1.53. The maximum absolute atomic E-state index is 6.21. The van der Waals surface area contributed by atoms with E-state index >= 15 is 0 Å². The van der Waals surface area contributed by atoms with Crippen molar-refractivity contribution < 1.29 is 22.8 Å². The minimum Gasteiger partial charge on any atom is -0.490 e. The molecule has 0 saturated carbocycles. The lowest BCUT2D eigenvalue weighted by atomic mass is 10.0. The summed E-state index contributed by atoms with van der Waals surface area (Å²) in [5.41, 5.74) is 1.85. The highest BCUT2D eigenvalue weighted by atomic mass is 28.4. The van der Waals surface area contributed by atoms with E-state index in [1.807, 2.05) is 84.9 Å². The molecule has 2 aromatic carbocycles. The zero-order valence-corrected chi connectivity index (χ0v) is 20.4. The first kappa shape index (κ1) is 24.4. The van der Waals surface area contributed by atoms with Gasteiger partial charge in [-0.05, 0) is 66.2 Å². The minimum atomic E-state index is -3.14. The third-order valence-corrected chi connectivity index (χ3v) is 7.34. The molecule has 0 aliphatic heterocycles. The van der Waals surface area contributed by atoms with Crippen LogP contribution >= 0.6 is 0 Å². The topological polar surface area (TPSA) is 46.2 Å². The summed E-state index contributed by atoms with van der Waals surface area (Å²) in [6, 6.07) is 14.0. The number of hydrogen-bond acceptors (Lipinski definition) is 5. The molecule has 0 unspecified atom stereocenters. The van der Waals surface area contributed by atoms with Crippen molar-refractivity contribution in [2.24, 2.45) is 0 Å². The highest BCUT2D eigenvalue weighted by Crippen LogP contribution is 2.39. The molecule has 0 spiro atoms. The molecule has 2 aromatic rings. The van der Waals surface area contributed by atoms with Gasteiger partial charge in [0.2, 0.25) is 0 Å². The molecule has 30 heavy (non-hydrogen) atoms. The van der Waals surface area contributed by atoms with E-state index in [9.17, 15) is 0 Å². The third-order valence-electron chi connectivity index (χ3n) is 4.24. The van der Waals surface area contributed by atoms with Gasteiger partial charge in [-0.2, -0.15) is 0 Å². The number of hydrogen-bond donors (Lipinski definition) is 0. The average Bonchev–Trinajstić information content (AvgIpc) is 2.68. The molecule has 0 N–H and O–H groups in total. The largest absolute Gasteiger partial charge is 0.537 e. The number of ether oxygens (including phenoxy) is 2. The number of rotatable bonds is 12. The van der Waals surface area contributed by atoms with Crippen molar-refractivity contribution in [3.05, 3.63) is 42.5 Å². The van der Waals surface area contributed by atoms with Gasteiger partial charge in [0.25, 0.3) is 0 Å². The normalized spacial score (nSPS) is 11.9. The lowest BCUT2D eigenvalue weighted by Gasteiger charge is -2.31. The van der Waals surface area contributed by atoms with Gasteiger partial charge in [0.15, 0.2) is 0 Å². The highest BCUT2D eigenvalue weighted by Gasteiger charge is 2.45. The molecule has 2 rings (SSSR count). The summed E-state index contributed by atoms with van der Waals surface area (Å²) in [6.07, 6.45) is 0.0516. The lowest BCUT2D eigenvalue weighted by Crippen LogP contribution is -2.57. The summed E-state index contributed by atoms with van der Waals surface area (Å²) >= 11 is 0. The zero-order valence-electron chi connectivity index (χ0n) is 19.4. The van der Waals surface area contributed by atoms with Crippen LogP contribution in [0.1, 0.15) is 48.5 Å². The molecule has 166 valence electrons. The Bertz CT molecular complexity index is 746. The van der Waals surface area contributed by atoms with E-state index < -0.39 is 8.80 Å². The molecule has 6 heteroatoms. The fourth-order valence-electron chi connectivity index (χ4n) is 3.38. The average molecular weight is 433 g/mol. The van der Waals surface area contributed by atoms with Crippen molar-refractivity contribution >= 4 is 14.0 Å². The molecule has 0 heterocycles. The SMILES string of the molecule is CCO[Si](OCC)(OCC)c1ccccc1-c1c(OC(C)C)cccc1OC(C)C. The van der Waals surface area contributed by atoms with Gasteiger partial charge < -0.3 is 22.8 Å². The predicted molar refractivity (Wildman–Crippen MR) is 124 cm³/mol. The Balaban J connectivity index is 2.79. The van der Waals surface area contributed by atoms with Crippen LogP contribution in [-0.2, 0) is 13.3 Å². The van der Waals surface area contributed by atoms with Gasteiger partial charge in [0.05, 0.1) is 17.8 Å². The van der Waals surface area contributed by atoms with Crippen LogP contribution in [-0.4, -0.2) is 40.8 Å². The summed E-state index contributed by atoms with van der Waals surface area (Å²) in [6.45, 7) is 15.5. The highest BCUT2D eigenvalue weighted by molar-refractivity contribution is 6.76. The summed E-state index contributed by atoms with van der Waals surface area (Å²) < 4.78 is 31.0. The maximum Gasteiger partial charge on any atom is 0.537 e. The molecule has 0 fully saturated rings. The van der Waals surface area contributed by atoms with Crippen molar-refractivity contribution in [2.45, 2.75) is 60.7 Å². The smallest absolute Gasteiger partial charge is 0.490 e. The second-order valence-electron chi connectivity index (χ2n) is 7.36. The van der Waals surface area contributed by atoms with E-state index in [2.05, 4.69) is 6.07 Å². The van der Waals surface area contributed by atoms with Gasteiger partial charge in [0.1, 0.15) is 11.5 Å². The van der Waals surface area contributed by atoms with Crippen LogP contribution in [0.4, 0.5) is 0 Å². The monoisotopic (exact) mass is 432 g/mol. The first-order valence-corrected chi connectivity index (χ1v) is 12.6. The molecule has 0 amide bonds. The minimum absolute atomic E-state index is 0.0258. The van der Waals surface area contributed by atoms with Gasteiger partial charge >= 0.3 is 8.80 Å². The quantitative estimate of drug-likeness (QED) is 0.432. The maximum atomic E-state index is 6.21. The zero-order chi connectivity index (χ0) is 22.1. The molecule has 0 aliphatic carbocycles. The van der Waals surface area contributed by atoms with Crippen LogP contribution in [0.15, 0.2) is 42.5 Å². The van der Waals surface area contributed by atoms with E-state index in [0.717, 1.165) is 27.8 Å². The van der Waals surface area contributed by atoms with E-state index in [1.54, 1.807) is 0 Å². The van der Waals surface area contributed by atoms with Crippen LogP contribution in [0.2, 0.25) is 0 Å². The summed E-state index contributed by atoms with van der Waals surface area (Å²) in [7, 11) is -3.14. The predicted octanol–water partition coefficient (Wildman–Crippen LogP) is 5.18. The van der Waals surface area contributed by atoms with E-state index in [-0.39, 0.29) is 12.2 Å². The molecular weight excluding hydrogens is 396 g/mol. The van der Waals surface area contributed by atoms with E-state index in [4.69, 9.17) is 22.8 Å². The Morgan fingerprint density at radius 3 is 1.57 bits per heavy atom. The molecule has 0 bridgehead atoms. The molecule has 0 radical (unpaired) electrons. The fraction of sp³-hybridized carbons (Fsp3) is 0.500. The van der Waals surface area contributed by atoms with Gasteiger partial charge in [0, 0.05) is 25.0 Å². The summed E-state index contributed by atoms with van der Waals surface area (Å²) in [5, 5.41) is 0.920. The first-order valence-electron chi connectivity index (χ1n) is 10.9. The second kappa shape index (κ2) is 11.5. The molecule has 0 saturated heterocycles. The van der Waals surface area contributed by atoms with Crippen molar-refractivity contribution in [1.82, 2.24) is 0 Å². The van der Waals surface area contributed by atoms with Crippen LogP contribution < -0.4 is 14.7 Å². The Labute approximate surface area is 182 Å². The van der Waals surface area contributed by atoms with Crippen molar-refractivity contribution in [3.63, 3.8) is 0 Å². The third kappa shape index (κ3) is 5.85. The van der Waals surface area contributed by atoms with Gasteiger partial charge in [-0.1, -0.05) is 30.3 Å². The first-order chi connectivity index (χ1) is 14.4. The number of benzene rings is 2. The Kier molecular flexibility index (Phi) is 9.36. The standard InChI is InChI=1S/C24H36O5Si/c1-8-25-30(26-9-2,27-10-3)23-17-12-11-14-20(23)24-21(28-18(4)5)15-13-16-22(24)29-19(6)7/h11-19H,8-10H2,1-7H3. The molecule has 0 atom stereocenters. The van der Waals surface area contributed by atoms with Crippen LogP contribution in [0.5, 0.6) is 11.5 Å². The lowest BCUT2D eigenvalue weighted by molar-refractivity contribution is 0.0860. The molecule has 0 aromatic heterocycles. The fourth-order valence-corrected chi connectivity index (χ4v) is 6.07. The second-order valence-corrected chi connectivity index (χ2v) is 9.88. The van der Waals surface area contributed by atoms with Crippen LogP contribution in [0.3, 0.4) is 0 Å². The molecular formula is C24H36O5Si. The van der Waals surface area contributed by atoms with Gasteiger partial charge in [-0.25, -0.2) is 0 Å². The van der Waals surface area contributed by atoms with Crippen LogP contribution in [0.25, 0.3) is 11.1 Å².